The van der Waals surface area contributed by atoms with E-state index >= 15 is 0 Å². The van der Waals surface area contributed by atoms with Gasteiger partial charge in [0.15, 0.2) is 0 Å². The van der Waals surface area contributed by atoms with Crippen LogP contribution in [-0.2, 0) is 0 Å². The number of methoxy groups -OCH3 is 1. The molecule has 2 amide bonds. The Morgan fingerprint density at radius 1 is 1.17 bits per heavy atom. The number of ether oxygens (including phenoxy) is 1. The van der Waals surface area contributed by atoms with Crippen LogP contribution >= 0.6 is 0 Å². The van der Waals surface area contributed by atoms with Crippen LogP contribution in [0.3, 0.4) is 0 Å². The van der Waals surface area contributed by atoms with Crippen LogP contribution in [0.25, 0.3) is 0 Å². The van der Waals surface area contributed by atoms with Crippen LogP contribution in [0.5, 0.6) is 5.75 Å². The minimum Gasteiger partial charge on any atom is -0.497 e. The lowest BCUT2D eigenvalue weighted by Gasteiger charge is -2.12. The van der Waals surface area contributed by atoms with Gasteiger partial charge in [-0.2, -0.15) is 0 Å². The summed E-state index contributed by atoms with van der Waals surface area (Å²) in [6.07, 6.45) is 3.53. The Morgan fingerprint density at radius 3 is 2.65 bits per heavy atom. The summed E-state index contributed by atoms with van der Waals surface area (Å²) in [5, 5.41) is 5.65. The molecule has 3 rings (SSSR count). The van der Waals surface area contributed by atoms with Crippen molar-refractivity contribution in [1.82, 2.24) is 10.3 Å². The summed E-state index contributed by atoms with van der Waals surface area (Å²) >= 11 is 0. The maximum Gasteiger partial charge on any atom is 0.274 e. The van der Waals surface area contributed by atoms with Gasteiger partial charge in [-0.05, 0) is 43.2 Å². The van der Waals surface area contributed by atoms with E-state index in [-0.39, 0.29) is 23.6 Å². The standard InChI is InChI=1S/C17H17N3O3/c1-23-12-7-8-14(13(10-12)16(21)19-11-5-6-11)20-17(22)15-4-2-3-9-18-15/h2-4,7-11H,5-6H2,1H3,(H,19,21)(H,20,22). The molecule has 2 aromatic rings. The normalized spacial score (nSPS) is 13.3. The summed E-state index contributed by atoms with van der Waals surface area (Å²) in [6, 6.07) is 10.3. The van der Waals surface area contributed by atoms with Crippen molar-refractivity contribution in [1.29, 1.82) is 0 Å². The van der Waals surface area contributed by atoms with Crippen LogP contribution in [0.15, 0.2) is 42.6 Å². The zero-order chi connectivity index (χ0) is 16.2. The summed E-state index contributed by atoms with van der Waals surface area (Å²) < 4.78 is 5.17. The van der Waals surface area contributed by atoms with Crippen molar-refractivity contribution >= 4 is 17.5 Å². The number of rotatable bonds is 5. The predicted octanol–water partition coefficient (Wildman–Crippen LogP) is 2.23. The van der Waals surface area contributed by atoms with E-state index in [1.807, 2.05) is 0 Å². The van der Waals surface area contributed by atoms with Gasteiger partial charge in [0, 0.05) is 12.2 Å². The SMILES string of the molecule is COc1ccc(NC(=O)c2ccccn2)c(C(=O)NC2CC2)c1. The summed E-state index contributed by atoms with van der Waals surface area (Å²) in [7, 11) is 1.53. The number of pyridine rings is 1. The molecule has 1 aromatic carbocycles. The molecule has 0 aliphatic heterocycles. The zero-order valence-corrected chi connectivity index (χ0v) is 12.7. The molecule has 0 spiro atoms. The quantitative estimate of drug-likeness (QED) is 0.887. The van der Waals surface area contributed by atoms with Crippen LogP contribution < -0.4 is 15.4 Å². The Bertz CT molecular complexity index is 727. The summed E-state index contributed by atoms with van der Waals surface area (Å²) in [5.41, 5.74) is 1.09. The number of amides is 2. The van der Waals surface area contributed by atoms with Gasteiger partial charge in [-0.3, -0.25) is 14.6 Å². The lowest BCUT2D eigenvalue weighted by atomic mass is 10.1. The van der Waals surface area contributed by atoms with Gasteiger partial charge in [0.25, 0.3) is 11.8 Å². The van der Waals surface area contributed by atoms with E-state index in [9.17, 15) is 9.59 Å². The Hall–Kier alpha value is -2.89. The second-order valence-corrected chi connectivity index (χ2v) is 5.33. The largest absolute Gasteiger partial charge is 0.497 e. The fraction of sp³-hybridized carbons (Fsp3) is 0.235. The van der Waals surface area contributed by atoms with Gasteiger partial charge in [-0.15, -0.1) is 0 Å². The van der Waals surface area contributed by atoms with Crippen molar-refractivity contribution in [3.05, 3.63) is 53.9 Å². The molecule has 0 saturated heterocycles. The Kier molecular flexibility index (Phi) is 4.23. The van der Waals surface area contributed by atoms with Crippen molar-refractivity contribution in [2.24, 2.45) is 0 Å². The Balaban J connectivity index is 1.85. The molecule has 1 fully saturated rings. The van der Waals surface area contributed by atoms with E-state index in [1.165, 1.54) is 7.11 Å². The van der Waals surface area contributed by atoms with Gasteiger partial charge >= 0.3 is 0 Å². The average Bonchev–Trinajstić information content (AvgIpc) is 3.39. The number of aromatic nitrogens is 1. The number of hydrogen-bond donors (Lipinski definition) is 2. The molecule has 1 aliphatic rings. The average molecular weight is 311 g/mol. The van der Waals surface area contributed by atoms with E-state index in [4.69, 9.17) is 4.74 Å². The first-order valence-corrected chi connectivity index (χ1v) is 7.38. The van der Waals surface area contributed by atoms with Crippen LogP contribution in [0.2, 0.25) is 0 Å². The van der Waals surface area contributed by atoms with Crippen LogP contribution in [0.4, 0.5) is 5.69 Å². The summed E-state index contributed by atoms with van der Waals surface area (Å²) in [4.78, 5) is 28.6. The molecule has 0 radical (unpaired) electrons. The molecule has 6 heteroatoms. The molecule has 23 heavy (non-hydrogen) atoms. The first-order chi connectivity index (χ1) is 11.2. The highest BCUT2D eigenvalue weighted by Crippen LogP contribution is 2.25. The van der Waals surface area contributed by atoms with Crippen molar-refractivity contribution in [2.45, 2.75) is 18.9 Å². The second-order valence-electron chi connectivity index (χ2n) is 5.33. The first kappa shape index (κ1) is 15.0. The molecule has 1 heterocycles. The molecule has 1 aliphatic carbocycles. The molecule has 2 N–H and O–H groups in total. The number of benzene rings is 1. The highest BCUT2D eigenvalue weighted by molar-refractivity contribution is 6.08. The first-order valence-electron chi connectivity index (χ1n) is 7.38. The fourth-order valence-corrected chi connectivity index (χ4v) is 2.12. The van der Waals surface area contributed by atoms with E-state index < -0.39 is 0 Å². The number of nitrogens with one attached hydrogen (secondary N) is 2. The zero-order valence-electron chi connectivity index (χ0n) is 12.7. The number of nitrogens with zero attached hydrogens (tertiary/aromatic N) is 1. The minimum atomic E-state index is -0.365. The molecular weight excluding hydrogens is 294 g/mol. The molecule has 0 unspecified atom stereocenters. The van der Waals surface area contributed by atoms with Crippen LogP contribution in [-0.4, -0.2) is 29.9 Å². The van der Waals surface area contributed by atoms with Crippen LogP contribution in [0, 0.1) is 0 Å². The third-order valence-electron chi connectivity index (χ3n) is 3.53. The third kappa shape index (κ3) is 3.66. The summed E-state index contributed by atoms with van der Waals surface area (Å²) in [6.45, 7) is 0. The highest BCUT2D eigenvalue weighted by atomic mass is 16.5. The smallest absolute Gasteiger partial charge is 0.274 e. The monoisotopic (exact) mass is 311 g/mol. The maximum absolute atomic E-state index is 12.4. The Morgan fingerprint density at radius 2 is 2.00 bits per heavy atom. The van der Waals surface area contributed by atoms with Gasteiger partial charge in [-0.1, -0.05) is 6.07 Å². The van der Waals surface area contributed by atoms with E-state index in [0.717, 1.165) is 12.8 Å². The highest BCUT2D eigenvalue weighted by Gasteiger charge is 2.25. The number of carbonyl (C=O) groups is 2. The lowest BCUT2D eigenvalue weighted by Crippen LogP contribution is -2.27. The lowest BCUT2D eigenvalue weighted by molar-refractivity contribution is 0.0951. The van der Waals surface area contributed by atoms with Gasteiger partial charge < -0.3 is 15.4 Å². The molecule has 6 nitrogen and oxygen atoms in total. The fourth-order valence-electron chi connectivity index (χ4n) is 2.12. The molecule has 0 atom stereocenters. The molecule has 118 valence electrons. The van der Waals surface area contributed by atoms with Crippen molar-refractivity contribution in [2.75, 3.05) is 12.4 Å². The number of hydrogen-bond acceptors (Lipinski definition) is 4. The molecule has 0 bridgehead atoms. The number of carbonyl (C=O) groups excluding carboxylic acids is 2. The van der Waals surface area contributed by atoms with Crippen LogP contribution in [0.1, 0.15) is 33.7 Å². The van der Waals surface area contributed by atoms with Gasteiger partial charge in [0.2, 0.25) is 0 Å². The number of anilines is 1. The van der Waals surface area contributed by atoms with Gasteiger partial charge in [0.05, 0.1) is 18.4 Å². The summed E-state index contributed by atoms with van der Waals surface area (Å²) in [5.74, 6) is -0.0271. The minimum absolute atomic E-state index is 0.220. The molecule has 1 saturated carbocycles. The second kappa shape index (κ2) is 6.48. The molecular formula is C17H17N3O3. The van der Waals surface area contributed by atoms with Gasteiger partial charge in [-0.25, -0.2) is 0 Å². The predicted molar refractivity (Wildman–Crippen MR) is 85.7 cm³/mol. The topological polar surface area (TPSA) is 80.3 Å². The third-order valence-corrected chi connectivity index (χ3v) is 3.53. The molecule has 1 aromatic heterocycles. The van der Waals surface area contributed by atoms with E-state index in [1.54, 1.807) is 42.6 Å². The van der Waals surface area contributed by atoms with E-state index in [2.05, 4.69) is 15.6 Å². The Labute approximate surface area is 133 Å². The van der Waals surface area contributed by atoms with Gasteiger partial charge in [0.1, 0.15) is 11.4 Å². The van der Waals surface area contributed by atoms with Crippen molar-refractivity contribution in [3.63, 3.8) is 0 Å². The van der Waals surface area contributed by atoms with E-state index in [0.29, 0.717) is 17.0 Å². The van der Waals surface area contributed by atoms with Crippen molar-refractivity contribution in [3.8, 4) is 5.75 Å². The van der Waals surface area contributed by atoms with Crippen molar-refractivity contribution < 1.29 is 14.3 Å². The maximum atomic E-state index is 12.4.